The van der Waals surface area contributed by atoms with Gasteiger partial charge in [0.15, 0.2) is 0 Å². The molecule has 0 aromatic heterocycles. The fraction of sp³-hybridized carbons (Fsp3) is 0.286. The molecule has 112 valence electrons. The quantitative estimate of drug-likeness (QED) is 0.623. The van der Waals surface area contributed by atoms with Crippen molar-refractivity contribution in [1.82, 2.24) is 0 Å². The molecular weight excluding hydrogens is 368 g/mol. The second-order valence-corrected chi connectivity index (χ2v) is 8.25. The Labute approximate surface area is 145 Å². The first-order chi connectivity index (χ1) is 9.47. The number of methoxy groups -OCH3 is 1. The number of hydrogen-bond donors (Lipinski definition) is 1. The lowest BCUT2D eigenvalue weighted by Gasteiger charge is -2.27. The van der Waals surface area contributed by atoms with Crippen molar-refractivity contribution in [2.24, 2.45) is 0 Å². The Balaban J connectivity index is 0.00000220. The zero-order valence-electron chi connectivity index (χ0n) is 11.7. The third-order valence-corrected chi connectivity index (χ3v) is 6.75. The molecule has 0 fully saturated rings. The van der Waals surface area contributed by atoms with Crippen molar-refractivity contribution in [3.05, 3.63) is 54.1 Å². The molecule has 2 rings (SSSR count). The van der Waals surface area contributed by atoms with Gasteiger partial charge in [-0.25, -0.2) is 0 Å². The van der Waals surface area contributed by atoms with E-state index in [1.807, 2.05) is 24.3 Å². The van der Waals surface area contributed by atoms with Crippen LogP contribution in [0.1, 0.15) is 6.42 Å². The van der Waals surface area contributed by atoms with Gasteiger partial charge >= 0.3 is 20.4 Å². The third kappa shape index (κ3) is 4.64. The van der Waals surface area contributed by atoms with Crippen molar-refractivity contribution < 1.29 is 17.7 Å². The van der Waals surface area contributed by atoms with E-state index in [1.165, 1.54) is 16.9 Å². The highest BCUT2D eigenvalue weighted by molar-refractivity contribution is 8.93. The predicted octanol–water partition coefficient (Wildman–Crippen LogP) is 2.13. The average Bonchev–Trinajstić information content (AvgIpc) is 2.45. The Kier molecular flexibility index (Phi) is 7.09. The number of ether oxygens (including phenoxy) is 1. The predicted molar refractivity (Wildman–Crippen MR) is 90.1 cm³/mol. The van der Waals surface area contributed by atoms with E-state index in [2.05, 4.69) is 12.1 Å². The number of allylic oxidation sites excluding steroid dienone is 2. The maximum absolute atomic E-state index is 11.4. The molecule has 1 aromatic carbocycles. The summed E-state index contributed by atoms with van der Waals surface area (Å²) in [6.07, 6.45) is 5.18. The van der Waals surface area contributed by atoms with Gasteiger partial charge in [0.05, 0.1) is 0 Å². The number of hydrogen-bond acceptors (Lipinski definition) is 3. The summed E-state index contributed by atoms with van der Waals surface area (Å²) < 4.78 is 39.4. The van der Waals surface area contributed by atoms with Gasteiger partial charge in [0, 0.05) is 13.5 Å². The van der Waals surface area contributed by atoms with Crippen LogP contribution in [0, 0.1) is 0 Å². The van der Waals surface area contributed by atoms with Crippen LogP contribution in [0.5, 0.6) is 0 Å². The van der Waals surface area contributed by atoms with Gasteiger partial charge in [-0.1, -0.05) is 48.1 Å². The smallest absolute Gasteiger partial charge is 0.357 e. The topological polar surface area (TPSA) is 63.6 Å². The molecule has 1 N–H and O–H groups in total. The molecule has 0 saturated heterocycles. The summed E-state index contributed by atoms with van der Waals surface area (Å²) in [5.74, 6) is 0. The van der Waals surface area contributed by atoms with Gasteiger partial charge in [-0.3, -0.25) is 4.55 Å². The molecule has 7 heteroatoms. The molecule has 0 amide bonds. The van der Waals surface area contributed by atoms with Gasteiger partial charge in [-0.05, 0) is 6.08 Å². The monoisotopic (exact) mass is 384 g/mol. The molecule has 0 bridgehead atoms. The van der Waals surface area contributed by atoms with E-state index in [0.29, 0.717) is 0 Å². The minimum absolute atomic E-state index is 0. The summed E-state index contributed by atoms with van der Waals surface area (Å²) in [5, 5.41) is 0. The van der Waals surface area contributed by atoms with Gasteiger partial charge in [0.1, 0.15) is 0 Å². The van der Waals surface area contributed by atoms with Gasteiger partial charge in [0.2, 0.25) is 4.93 Å². The minimum Gasteiger partial charge on any atom is -0.357 e. The molecule has 1 aromatic rings. The normalized spacial score (nSPS) is 21.1. The van der Waals surface area contributed by atoms with Crippen LogP contribution < -0.4 is 3.69 Å². The SMILES string of the molecule is Br.COC1(S(=O)(=O)O)C=CC([CH2][Mg][c]2ccccc2)=CC1. The van der Waals surface area contributed by atoms with Crippen LogP contribution in [-0.4, -0.2) is 45.4 Å². The first-order valence-electron chi connectivity index (χ1n) is 6.41. The first-order valence-corrected chi connectivity index (χ1v) is 9.56. The lowest BCUT2D eigenvalue weighted by Crippen LogP contribution is -2.39. The van der Waals surface area contributed by atoms with Crippen molar-refractivity contribution in [3.8, 4) is 0 Å². The summed E-state index contributed by atoms with van der Waals surface area (Å²) in [6.45, 7) is 0. The molecule has 21 heavy (non-hydrogen) atoms. The summed E-state index contributed by atoms with van der Waals surface area (Å²) in [5.41, 5.74) is 1.11. The second-order valence-electron chi connectivity index (χ2n) is 4.79. The zero-order valence-corrected chi connectivity index (χ0v) is 15.7. The molecule has 0 spiro atoms. The standard InChI is InChI=1S/C8H11O4S.C6H5.BrH.Mg/c1-7-3-5-8(12-2,6-4-7)13(9,10)11;1-2-4-6-5-3-1;;/h3-5H,1,6H2,2H3,(H,9,10,11);1-5H;1H;. The van der Waals surface area contributed by atoms with Crippen LogP contribution in [0.2, 0.25) is 4.55 Å². The van der Waals surface area contributed by atoms with Crippen molar-refractivity contribution in [2.45, 2.75) is 15.9 Å². The van der Waals surface area contributed by atoms with Gasteiger partial charge < -0.3 is 4.74 Å². The van der Waals surface area contributed by atoms with Crippen LogP contribution >= 0.6 is 17.0 Å². The second kappa shape index (κ2) is 7.89. The van der Waals surface area contributed by atoms with Crippen molar-refractivity contribution >= 4 is 51.2 Å². The van der Waals surface area contributed by atoms with Crippen LogP contribution in [0.4, 0.5) is 0 Å². The van der Waals surface area contributed by atoms with E-state index in [-0.39, 0.29) is 23.4 Å². The van der Waals surface area contributed by atoms with Crippen LogP contribution in [0.3, 0.4) is 0 Å². The molecule has 0 heterocycles. The number of benzene rings is 1. The van der Waals surface area contributed by atoms with E-state index in [9.17, 15) is 13.0 Å². The number of halogens is 1. The average molecular weight is 386 g/mol. The van der Waals surface area contributed by atoms with E-state index in [1.54, 1.807) is 6.08 Å². The molecule has 1 aliphatic rings. The molecular formula is C14H17BrMgO4S. The Bertz CT molecular complexity index is 628. The fourth-order valence-corrected chi connectivity index (χ4v) is 4.51. The van der Waals surface area contributed by atoms with E-state index in [0.717, 1.165) is 10.1 Å². The van der Waals surface area contributed by atoms with E-state index >= 15 is 0 Å². The van der Waals surface area contributed by atoms with Gasteiger partial charge in [-0.2, -0.15) is 12.1 Å². The fourth-order valence-electron chi connectivity index (χ4n) is 2.21. The maximum atomic E-state index is 11.4. The lowest BCUT2D eigenvalue weighted by atomic mass is 10.1. The summed E-state index contributed by atoms with van der Waals surface area (Å²) >= 11 is -0.405. The van der Waals surface area contributed by atoms with Crippen molar-refractivity contribution in [3.63, 3.8) is 0 Å². The summed E-state index contributed by atoms with van der Waals surface area (Å²) in [4.78, 5) is -1.62. The first kappa shape index (κ1) is 18.9. The molecule has 1 atom stereocenters. The highest BCUT2D eigenvalue weighted by atomic mass is 79.9. The Morgan fingerprint density at radius 3 is 2.48 bits per heavy atom. The third-order valence-electron chi connectivity index (χ3n) is 3.53. The molecule has 0 radical (unpaired) electrons. The lowest BCUT2D eigenvalue weighted by molar-refractivity contribution is 0.0941. The van der Waals surface area contributed by atoms with E-state index in [4.69, 9.17) is 4.74 Å². The zero-order chi connectivity index (χ0) is 14.6. The van der Waals surface area contributed by atoms with Crippen molar-refractivity contribution in [2.75, 3.05) is 7.11 Å². The summed E-state index contributed by atoms with van der Waals surface area (Å²) in [6, 6.07) is 10.3. The highest BCUT2D eigenvalue weighted by Gasteiger charge is 2.41. The van der Waals surface area contributed by atoms with Crippen LogP contribution in [-0.2, 0) is 14.9 Å². The van der Waals surface area contributed by atoms with Crippen LogP contribution in [0.25, 0.3) is 0 Å². The minimum atomic E-state index is -4.27. The molecule has 4 nitrogen and oxygen atoms in total. The van der Waals surface area contributed by atoms with Gasteiger partial charge in [-0.15, -0.1) is 21.5 Å². The molecule has 1 unspecified atom stereocenters. The molecule has 1 aliphatic carbocycles. The van der Waals surface area contributed by atoms with Crippen molar-refractivity contribution in [1.29, 1.82) is 0 Å². The number of rotatable bonds is 5. The Morgan fingerprint density at radius 1 is 1.33 bits per heavy atom. The maximum Gasteiger partial charge on any atom is 0.414 e. The van der Waals surface area contributed by atoms with Crippen LogP contribution in [0.15, 0.2) is 54.1 Å². The Hall–Kier alpha value is -0.184. The molecule has 0 aliphatic heterocycles. The largest absolute Gasteiger partial charge is 0.414 e. The van der Waals surface area contributed by atoms with Gasteiger partial charge in [0.25, 0.3) is 10.1 Å². The highest BCUT2D eigenvalue weighted by Crippen LogP contribution is 2.30. The Morgan fingerprint density at radius 2 is 2.00 bits per heavy atom. The van der Waals surface area contributed by atoms with E-state index < -0.39 is 35.4 Å². The molecule has 0 saturated carbocycles. The summed E-state index contributed by atoms with van der Waals surface area (Å²) in [7, 11) is -2.98.